The number of fused-ring (bicyclic) bond motifs is 1. The summed E-state index contributed by atoms with van der Waals surface area (Å²) in [6.07, 6.45) is -2.61. The van der Waals surface area contributed by atoms with Crippen LogP contribution >= 0.6 is 0 Å². The highest BCUT2D eigenvalue weighted by Crippen LogP contribution is 2.32. The number of rotatable bonds is 5. The average molecular weight is 442 g/mol. The van der Waals surface area contributed by atoms with Crippen LogP contribution in [-0.4, -0.2) is 60.6 Å². The predicted octanol–water partition coefficient (Wildman–Crippen LogP) is 2.17. The molecule has 2 aromatic carbocycles. The summed E-state index contributed by atoms with van der Waals surface area (Å²) in [6, 6.07) is 10.9. The van der Waals surface area contributed by atoms with Crippen LogP contribution in [-0.2, 0) is 23.7 Å². The molecule has 0 saturated carbocycles. The van der Waals surface area contributed by atoms with Gasteiger partial charge in [-0.05, 0) is 31.2 Å². The Morgan fingerprint density at radius 1 is 0.875 bits per heavy atom. The van der Waals surface area contributed by atoms with Crippen molar-refractivity contribution in [3.8, 4) is 11.5 Å². The third-order valence-electron chi connectivity index (χ3n) is 5.37. The first-order chi connectivity index (χ1) is 15.3. The molecule has 2 saturated heterocycles. The highest BCUT2D eigenvalue weighted by atomic mass is 16.7. The number of phenols is 1. The van der Waals surface area contributed by atoms with E-state index in [4.69, 9.17) is 23.7 Å². The first kappa shape index (κ1) is 21.8. The minimum absolute atomic E-state index is 0.00174. The molecular formula is C23H22O9. The van der Waals surface area contributed by atoms with Gasteiger partial charge in [-0.3, -0.25) is 4.79 Å². The molecule has 0 aliphatic carbocycles. The molecule has 2 aliphatic heterocycles. The number of ether oxygens (including phenoxy) is 5. The van der Waals surface area contributed by atoms with Gasteiger partial charge in [0, 0.05) is 12.5 Å². The number of aromatic hydroxyl groups is 1. The monoisotopic (exact) mass is 442 g/mol. The molecule has 4 atom stereocenters. The van der Waals surface area contributed by atoms with Crippen LogP contribution in [0.5, 0.6) is 11.5 Å². The fraction of sp³-hybridized carbons (Fsp3) is 0.348. The van der Waals surface area contributed by atoms with Gasteiger partial charge in [0.25, 0.3) is 0 Å². The fourth-order valence-corrected chi connectivity index (χ4v) is 3.76. The summed E-state index contributed by atoms with van der Waals surface area (Å²) in [5.41, 5.74) is 0.765. The summed E-state index contributed by atoms with van der Waals surface area (Å²) in [6.45, 7) is 3.01. The van der Waals surface area contributed by atoms with Crippen molar-refractivity contribution in [2.75, 3.05) is 13.2 Å². The molecule has 168 valence electrons. The maximum absolute atomic E-state index is 12.7. The number of benzene rings is 2. The topological polar surface area (TPSA) is 118 Å². The molecule has 32 heavy (non-hydrogen) atoms. The van der Waals surface area contributed by atoms with Gasteiger partial charge in [0.15, 0.2) is 12.2 Å². The molecule has 0 bridgehead atoms. The Kier molecular flexibility index (Phi) is 6.11. The van der Waals surface area contributed by atoms with Gasteiger partial charge in [0.05, 0.1) is 18.8 Å². The van der Waals surface area contributed by atoms with Crippen molar-refractivity contribution in [1.82, 2.24) is 0 Å². The van der Waals surface area contributed by atoms with Crippen LogP contribution in [0, 0.1) is 6.92 Å². The minimum Gasteiger partial charge on any atom is -0.508 e. The zero-order valence-corrected chi connectivity index (χ0v) is 17.5. The molecule has 0 spiro atoms. The van der Waals surface area contributed by atoms with E-state index in [0.717, 1.165) is 0 Å². The summed E-state index contributed by atoms with van der Waals surface area (Å²) in [4.78, 5) is 36.5. The molecule has 4 rings (SSSR count). The molecule has 0 aromatic heterocycles. The van der Waals surface area contributed by atoms with Gasteiger partial charge in [-0.1, -0.05) is 18.2 Å². The SMILES string of the molecule is CC(=O)Oc1ccccc1C(=O)OC1COC2[C@@H]1OC[C@H]2OC(=O)c1cccc(O)c1C. The van der Waals surface area contributed by atoms with E-state index in [0.29, 0.717) is 5.56 Å². The van der Waals surface area contributed by atoms with Gasteiger partial charge in [-0.25, -0.2) is 9.59 Å². The van der Waals surface area contributed by atoms with Crippen molar-refractivity contribution in [1.29, 1.82) is 0 Å². The minimum atomic E-state index is -0.718. The Morgan fingerprint density at radius 2 is 1.44 bits per heavy atom. The lowest BCUT2D eigenvalue weighted by molar-refractivity contribution is -0.131. The van der Waals surface area contributed by atoms with Crippen LogP contribution < -0.4 is 4.74 Å². The average Bonchev–Trinajstić information content (AvgIpc) is 3.33. The van der Waals surface area contributed by atoms with Gasteiger partial charge in [0.2, 0.25) is 0 Å². The zero-order valence-electron chi connectivity index (χ0n) is 17.5. The van der Waals surface area contributed by atoms with E-state index in [1.807, 2.05) is 0 Å². The fourth-order valence-electron chi connectivity index (χ4n) is 3.76. The number of carbonyl (C=O) groups excluding carboxylic acids is 3. The van der Waals surface area contributed by atoms with Crippen molar-refractivity contribution in [3.05, 3.63) is 59.2 Å². The number of hydrogen-bond acceptors (Lipinski definition) is 9. The number of phenolic OH excluding ortho intramolecular Hbond substituents is 1. The van der Waals surface area contributed by atoms with Crippen LogP contribution in [0.15, 0.2) is 42.5 Å². The molecule has 2 aliphatic rings. The van der Waals surface area contributed by atoms with E-state index in [1.165, 1.54) is 25.1 Å². The van der Waals surface area contributed by atoms with Crippen molar-refractivity contribution in [2.45, 2.75) is 38.3 Å². The summed E-state index contributed by atoms with van der Waals surface area (Å²) in [5.74, 6) is -1.75. The van der Waals surface area contributed by atoms with Crippen LogP contribution in [0.4, 0.5) is 0 Å². The lowest BCUT2D eigenvalue weighted by Gasteiger charge is -2.18. The lowest BCUT2D eigenvalue weighted by atomic mass is 10.1. The summed E-state index contributed by atoms with van der Waals surface area (Å²) in [7, 11) is 0. The number of para-hydroxylation sites is 1. The highest BCUT2D eigenvalue weighted by molar-refractivity contribution is 5.93. The third kappa shape index (κ3) is 4.30. The summed E-state index contributed by atoms with van der Waals surface area (Å²) in [5, 5.41) is 9.81. The Balaban J connectivity index is 1.40. The second-order valence-corrected chi connectivity index (χ2v) is 7.52. The van der Waals surface area contributed by atoms with Gasteiger partial charge >= 0.3 is 17.9 Å². The molecular weight excluding hydrogens is 420 g/mol. The van der Waals surface area contributed by atoms with E-state index in [2.05, 4.69) is 0 Å². The van der Waals surface area contributed by atoms with Gasteiger partial charge in [-0.15, -0.1) is 0 Å². The van der Waals surface area contributed by atoms with Crippen LogP contribution in [0.3, 0.4) is 0 Å². The van der Waals surface area contributed by atoms with Crippen molar-refractivity contribution in [3.63, 3.8) is 0 Å². The van der Waals surface area contributed by atoms with Crippen molar-refractivity contribution < 1.29 is 43.2 Å². The molecule has 0 amide bonds. The lowest BCUT2D eigenvalue weighted by Crippen LogP contribution is -2.36. The first-order valence-corrected chi connectivity index (χ1v) is 10.1. The van der Waals surface area contributed by atoms with E-state index in [9.17, 15) is 19.5 Å². The number of esters is 3. The largest absolute Gasteiger partial charge is 0.508 e. The molecule has 9 heteroatoms. The van der Waals surface area contributed by atoms with E-state index >= 15 is 0 Å². The molecule has 2 fully saturated rings. The molecule has 9 nitrogen and oxygen atoms in total. The Hall–Kier alpha value is -3.43. The Bertz CT molecular complexity index is 1050. The van der Waals surface area contributed by atoms with Gasteiger partial charge < -0.3 is 28.8 Å². The van der Waals surface area contributed by atoms with Crippen molar-refractivity contribution >= 4 is 17.9 Å². The summed E-state index contributed by atoms with van der Waals surface area (Å²) < 4.78 is 27.6. The van der Waals surface area contributed by atoms with Gasteiger partial charge in [0.1, 0.15) is 29.3 Å². The molecule has 2 aromatic rings. The van der Waals surface area contributed by atoms with Crippen LogP contribution in [0.2, 0.25) is 0 Å². The second-order valence-electron chi connectivity index (χ2n) is 7.52. The highest BCUT2D eigenvalue weighted by Gasteiger charge is 2.51. The standard InChI is InChI=1S/C23H22O9/c1-12-14(7-5-8-16(12)25)22(26)31-18-10-28-21-19(11-29-20(18)21)32-23(27)15-6-3-4-9-17(15)30-13(2)24/h3-9,18-21,25H,10-11H2,1-2H3/t18-,19?,20?,21-/m1/s1. The quantitative estimate of drug-likeness (QED) is 0.549. The Morgan fingerprint density at radius 3 is 2.06 bits per heavy atom. The van der Waals surface area contributed by atoms with Crippen LogP contribution in [0.25, 0.3) is 0 Å². The third-order valence-corrected chi connectivity index (χ3v) is 5.37. The second kappa shape index (κ2) is 8.97. The van der Waals surface area contributed by atoms with E-state index < -0.39 is 42.3 Å². The zero-order chi connectivity index (χ0) is 22.8. The smallest absolute Gasteiger partial charge is 0.342 e. The maximum Gasteiger partial charge on any atom is 0.342 e. The molecule has 1 N–H and O–H groups in total. The first-order valence-electron chi connectivity index (χ1n) is 10.1. The summed E-state index contributed by atoms with van der Waals surface area (Å²) >= 11 is 0. The molecule has 2 heterocycles. The van der Waals surface area contributed by atoms with Crippen molar-refractivity contribution in [2.24, 2.45) is 0 Å². The maximum atomic E-state index is 12.7. The number of hydrogen-bond donors (Lipinski definition) is 1. The Labute approximate surface area is 183 Å². The van der Waals surface area contributed by atoms with Gasteiger partial charge in [-0.2, -0.15) is 0 Å². The van der Waals surface area contributed by atoms with Crippen LogP contribution in [0.1, 0.15) is 33.2 Å². The molecule has 0 radical (unpaired) electrons. The molecule has 2 unspecified atom stereocenters. The van der Waals surface area contributed by atoms with E-state index in [-0.39, 0.29) is 35.8 Å². The predicted molar refractivity (Wildman–Crippen MR) is 108 cm³/mol. The normalized spacial score (nSPS) is 23.9. The van der Waals surface area contributed by atoms with E-state index in [1.54, 1.807) is 31.2 Å². The number of carbonyl (C=O) groups is 3.